The Labute approximate surface area is 132 Å². The standard InChI is InChI=1S/C17H16BrNO2/c1-12-2-5-14(16(18)10-12)6-9-17(21)19-15-7-3-13(11-20)4-8-15/h2-10,20H,11H2,1H3,(H,19,21). The number of hydrogen-bond acceptors (Lipinski definition) is 2. The molecule has 0 aliphatic carbocycles. The van der Waals surface area contributed by atoms with E-state index in [4.69, 9.17) is 5.11 Å². The second kappa shape index (κ2) is 7.20. The third kappa shape index (κ3) is 4.55. The number of anilines is 1. The van der Waals surface area contributed by atoms with E-state index >= 15 is 0 Å². The van der Waals surface area contributed by atoms with Crippen molar-refractivity contribution in [1.82, 2.24) is 0 Å². The number of benzene rings is 2. The van der Waals surface area contributed by atoms with Crippen LogP contribution in [0.15, 0.2) is 53.0 Å². The maximum Gasteiger partial charge on any atom is 0.248 e. The van der Waals surface area contributed by atoms with Crippen LogP contribution in [0.5, 0.6) is 0 Å². The molecule has 108 valence electrons. The SMILES string of the molecule is Cc1ccc(C=CC(=O)Nc2ccc(CO)cc2)c(Br)c1. The van der Waals surface area contributed by atoms with E-state index in [0.29, 0.717) is 5.69 Å². The summed E-state index contributed by atoms with van der Waals surface area (Å²) in [5, 5.41) is 11.7. The molecule has 0 atom stereocenters. The van der Waals surface area contributed by atoms with Crippen molar-refractivity contribution in [3.8, 4) is 0 Å². The van der Waals surface area contributed by atoms with Gasteiger partial charge in [0.25, 0.3) is 0 Å². The minimum atomic E-state index is -0.195. The number of aryl methyl sites for hydroxylation is 1. The van der Waals surface area contributed by atoms with Gasteiger partial charge in [-0.2, -0.15) is 0 Å². The molecule has 4 heteroatoms. The van der Waals surface area contributed by atoms with Gasteiger partial charge in [0.05, 0.1) is 6.61 Å². The molecule has 0 aliphatic rings. The maximum absolute atomic E-state index is 11.9. The molecule has 0 heterocycles. The average Bonchev–Trinajstić information content (AvgIpc) is 2.47. The fourth-order valence-corrected chi connectivity index (χ4v) is 2.44. The normalized spacial score (nSPS) is 10.8. The summed E-state index contributed by atoms with van der Waals surface area (Å²) in [6.45, 7) is 2.01. The molecule has 0 radical (unpaired) electrons. The Hall–Kier alpha value is -1.91. The first kappa shape index (κ1) is 15.5. The Morgan fingerprint density at radius 3 is 2.57 bits per heavy atom. The summed E-state index contributed by atoms with van der Waals surface area (Å²) in [5.74, 6) is -0.195. The molecule has 21 heavy (non-hydrogen) atoms. The van der Waals surface area contributed by atoms with Crippen LogP contribution < -0.4 is 5.32 Å². The van der Waals surface area contributed by atoms with Crippen LogP contribution in [-0.2, 0) is 11.4 Å². The van der Waals surface area contributed by atoms with Crippen molar-refractivity contribution < 1.29 is 9.90 Å². The molecule has 1 amide bonds. The van der Waals surface area contributed by atoms with Crippen LogP contribution >= 0.6 is 15.9 Å². The van der Waals surface area contributed by atoms with Gasteiger partial charge in [-0.15, -0.1) is 0 Å². The van der Waals surface area contributed by atoms with Crippen molar-refractivity contribution in [2.24, 2.45) is 0 Å². The van der Waals surface area contributed by atoms with E-state index in [-0.39, 0.29) is 12.5 Å². The molecule has 0 saturated carbocycles. The monoisotopic (exact) mass is 345 g/mol. The highest BCUT2D eigenvalue weighted by atomic mass is 79.9. The van der Waals surface area contributed by atoms with Gasteiger partial charge >= 0.3 is 0 Å². The summed E-state index contributed by atoms with van der Waals surface area (Å²) in [7, 11) is 0. The number of aliphatic hydroxyl groups excluding tert-OH is 1. The minimum Gasteiger partial charge on any atom is -0.392 e. The fraction of sp³-hybridized carbons (Fsp3) is 0.118. The molecule has 2 N–H and O–H groups in total. The Balaban J connectivity index is 2.01. The van der Waals surface area contributed by atoms with Gasteiger partial charge in [0.15, 0.2) is 0 Å². The lowest BCUT2D eigenvalue weighted by atomic mass is 10.1. The second-order valence-corrected chi connectivity index (χ2v) is 5.56. The molecule has 2 aromatic rings. The third-order valence-corrected chi connectivity index (χ3v) is 3.66. The number of hydrogen-bond donors (Lipinski definition) is 2. The number of nitrogens with one attached hydrogen (secondary N) is 1. The molecular weight excluding hydrogens is 330 g/mol. The van der Waals surface area contributed by atoms with E-state index < -0.39 is 0 Å². The first-order valence-electron chi connectivity index (χ1n) is 6.53. The van der Waals surface area contributed by atoms with E-state index in [9.17, 15) is 4.79 Å². The molecule has 0 spiro atoms. The fourth-order valence-electron chi connectivity index (χ4n) is 1.81. The lowest BCUT2D eigenvalue weighted by Gasteiger charge is -2.03. The first-order valence-corrected chi connectivity index (χ1v) is 7.33. The number of halogens is 1. The van der Waals surface area contributed by atoms with Crippen LogP contribution in [0.3, 0.4) is 0 Å². The molecule has 2 rings (SSSR count). The number of rotatable bonds is 4. The van der Waals surface area contributed by atoms with Crippen molar-refractivity contribution in [2.75, 3.05) is 5.32 Å². The minimum absolute atomic E-state index is 0.00438. The molecule has 3 nitrogen and oxygen atoms in total. The third-order valence-electron chi connectivity index (χ3n) is 2.97. The molecule has 0 bridgehead atoms. The Bertz CT molecular complexity index is 663. The van der Waals surface area contributed by atoms with Crippen molar-refractivity contribution in [3.63, 3.8) is 0 Å². The highest BCUT2D eigenvalue weighted by Gasteiger charge is 2.00. The van der Waals surface area contributed by atoms with E-state index in [0.717, 1.165) is 21.2 Å². The summed E-state index contributed by atoms with van der Waals surface area (Å²) in [4.78, 5) is 11.9. The zero-order valence-corrected chi connectivity index (χ0v) is 13.2. The van der Waals surface area contributed by atoms with Crippen LogP contribution in [0.25, 0.3) is 6.08 Å². The van der Waals surface area contributed by atoms with Gasteiger partial charge in [-0.1, -0.05) is 40.2 Å². The first-order chi connectivity index (χ1) is 10.1. The lowest BCUT2D eigenvalue weighted by Crippen LogP contribution is -2.07. The van der Waals surface area contributed by atoms with E-state index in [2.05, 4.69) is 21.2 Å². The number of carbonyl (C=O) groups is 1. The average molecular weight is 346 g/mol. The molecule has 0 aromatic heterocycles. The van der Waals surface area contributed by atoms with Gasteiger partial charge in [0.2, 0.25) is 5.91 Å². The lowest BCUT2D eigenvalue weighted by molar-refractivity contribution is -0.111. The highest BCUT2D eigenvalue weighted by molar-refractivity contribution is 9.10. The molecule has 0 saturated heterocycles. The number of amides is 1. The smallest absolute Gasteiger partial charge is 0.248 e. The second-order valence-electron chi connectivity index (χ2n) is 4.70. The van der Waals surface area contributed by atoms with Crippen molar-refractivity contribution in [1.29, 1.82) is 0 Å². The van der Waals surface area contributed by atoms with Gasteiger partial charge in [-0.25, -0.2) is 0 Å². The van der Waals surface area contributed by atoms with Crippen molar-refractivity contribution >= 4 is 33.6 Å². The number of carbonyl (C=O) groups excluding carboxylic acids is 1. The Morgan fingerprint density at radius 2 is 1.95 bits per heavy atom. The topological polar surface area (TPSA) is 49.3 Å². The van der Waals surface area contributed by atoms with Crippen LogP contribution in [0, 0.1) is 6.92 Å². The summed E-state index contributed by atoms with van der Waals surface area (Å²) in [5.41, 5.74) is 3.62. The highest BCUT2D eigenvalue weighted by Crippen LogP contribution is 2.19. The van der Waals surface area contributed by atoms with Gasteiger partial charge in [0, 0.05) is 16.2 Å². The van der Waals surface area contributed by atoms with E-state index in [1.165, 1.54) is 6.08 Å². The number of aliphatic hydroxyl groups is 1. The Morgan fingerprint density at radius 1 is 1.24 bits per heavy atom. The summed E-state index contributed by atoms with van der Waals surface area (Å²) in [6.07, 6.45) is 3.26. The van der Waals surface area contributed by atoms with Gasteiger partial charge < -0.3 is 10.4 Å². The quantitative estimate of drug-likeness (QED) is 0.825. The Kier molecular flexibility index (Phi) is 5.31. The molecule has 0 aliphatic heterocycles. The zero-order valence-electron chi connectivity index (χ0n) is 11.6. The predicted molar refractivity (Wildman–Crippen MR) is 88.9 cm³/mol. The van der Waals surface area contributed by atoms with Crippen LogP contribution in [0.4, 0.5) is 5.69 Å². The summed E-state index contributed by atoms with van der Waals surface area (Å²) < 4.78 is 0.957. The maximum atomic E-state index is 11.9. The van der Waals surface area contributed by atoms with Crippen LogP contribution in [0.2, 0.25) is 0 Å². The van der Waals surface area contributed by atoms with Crippen molar-refractivity contribution in [3.05, 3.63) is 69.7 Å². The molecule has 0 fully saturated rings. The van der Waals surface area contributed by atoms with Crippen LogP contribution in [0.1, 0.15) is 16.7 Å². The van der Waals surface area contributed by atoms with Crippen molar-refractivity contribution in [2.45, 2.75) is 13.5 Å². The largest absolute Gasteiger partial charge is 0.392 e. The summed E-state index contributed by atoms with van der Waals surface area (Å²) >= 11 is 3.47. The molecule has 2 aromatic carbocycles. The summed E-state index contributed by atoms with van der Waals surface area (Å²) in [6, 6.07) is 13.0. The predicted octanol–water partition coefficient (Wildman–Crippen LogP) is 3.90. The molecule has 0 unspecified atom stereocenters. The van der Waals surface area contributed by atoms with Gasteiger partial charge in [-0.05, 0) is 47.9 Å². The van der Waals surface area contributed by atoms with Crippen LogP contribution in [-0.4, -0.2) is 11.0 Å². The van der Waals surface area contributed by atoms with Gasteiger partial charge in [-0.3, -0.25) is 4.79 Å². The molecular formula is C17H16BrNO2. The zero-order chi connectivity index (χ0) is 15.2. The van der Waals surface area contributed by atoms with E-state index in [1.54, 1.807) is 30.3 Å². The van der Waals surface area contributed by atoms with Gasteiger partial charge in [0.1, 0.15) is 0 Å². The van der Waals surface area contributed by atoms with E-state index in [1.807, 2.05) is 25.1 Å².